The summed E-state index contributed by atoms with van der Waals surface area (Å²) < 4.78 is 37.6. The van der Waals surface area contributed by atoms with Gasteiger partial charge < -0.3 is 28.4 Å². The van der Waals surface area contributed by atoms with Gasteiger partial charge in [0.05, 0.1) is 13.2 Å². The molecule has 3 aromatic rings. The van der Waals surface area contributed by atoms with Crippen LogP contribution in [0.15, 0.2) is 42.5 Å². The maximum absolute atomic E-state index is 12.9. The third-order valence-electron chi connectivity index (χ3n) is 10.7. The summed E-state index contributed by atoms with van der Waals surface area (Å²) in [6, 6.07) is 14.5. The van der Waals surface area contributed by atoms with Crippen LogP contribution in [0, 0.1) is 0 Å². The van der Waals surface area contributed by atoms with Crippen LogP contribution in [0.4, 0.5) is 0 Å². The van der Waals surface area contributed by atoms with Crippen molar-refractivity contribution in [3.8, 4) is 11.5 Å². The van der Waals surface area contributed by atoms with E-state index in [-0.39, 0.29) is 38.4 Å². The van der Waals surface area contributed by atoms with E-state index in [1.165, 1.54) is 56.9 Å². The zero-order valence-corrected chi connectivity index (χ0v) is 37.1. The molecule has 0 radical (unpaired) electrons. The van der Waals surface area contributed by atoms with E-state index < -0.39 is 12.2 Å². The number of fused-ring (bicyclic) bond motifs is 2. The lowest BCUT2D eigenvalue weighted by Crippen LogP contribution is -2.30. The minimum Gasteiger partial charge on any atom is -0.488 e. The van der Waals surface area contributed by atoms with Crippen molar-refractivity contribution in [2.45, 2.75) is 182 Å². The van der Waals surface area contributed by atoms with Crippen LogP contribution in [-0.4, -0.2) is 63.8 Å². The Hall–Kier alpha value is -3.36. The molecule has 8 heteroatoms. The maximum Gasteiger partial charge on any atom is 0.306 e. The number of aryl methyl sites for hydroxylation is 1. The Morgan fingerprint density at radius 2 is 0.879 bits per heavy atom. The lowest BCUT2D eigenvalue weighted by molar-refractivity contribution is -0.155. The van der Waals surface area contributed by atoms with Gasteiger partial charge in [-0.3, -0.25) is 9.59 Å². The molecular weight excluding hydrogens is 729 g/mol. The van der Waals surface area contributed by atoms with Gasteiger partial charge in [-0.1, -0.05) is 161 Å². The Kier molecular flexibility index (Phi) is 25.9. The van der Waals surface area contributed by atoms with E-state index >= 15 is 0 Å². The molecule has 326 valence electrons. The van der Waals surface area contributed by atoms with E-state index in [1.54, 1.807) is 0 Å². The van der Waals surface area contributed by atoms with E-state index in [1.807, 2.05) is 24.3 Å². The lowest BCUT2D eigenvalue weighted by atomic mass is 9.98. The van der Waals surface area contributed by atoms with Crippen molar-refractivity contribution >= 4 is 33.5 Å². The number of unbranched alkanes of at least 4 members (excludes halogenated alkanes) is 14. The average Bonchev–Trinajstić information content (AvgIpc) is 3.23. The number of esters is 2. The van der Waals surface area contributed by atoms with Gasteiger partial charge in [-0.2, -0.15) is 0 Å². The minimum atomic E-state index is -0.544. The van der Waals surface area contributed by atoms with Gasteiger partial charge in [-0.05, 0) is 43.7 Å². The molecule has 0 saturated carbocycles. The molecule has 0 aliphatic carbocycles. The van der Waals surface area contributed by atoms with Crippen molar-refractivity contribution in [2.75, 3.05) is 39.6 Å². The van der Waals surface area contributed by atoms with Crippen molar-refractivity contribution in [1.82, 2.24) is 0 Å². The highest BCUT2D eigenvalue weighted by Gasteiger charge is 2.23. The smallest absolute Gasteiger partial charge is 0.306 e. The molecule has 2 atom stereocenters. The first kappa shape index (κ1) is 49.0. The number of carbonyl (C=O) groups is 2. The molecule has 8 nitrogen and oxygen atoms in total. The molecule has 0 amide bonds. The molecule has 0 bridgehead atoms. The second-order valence-electron chi connectivity index (χ2n) is 15.9. The summed E-state index contributed by atoms with van der Waals surface area (Å²) in [5.41, 5.74) is 1.17. The van der Waals surface area contributed by atoms with E-state index in [9.17, 15) is 9.59 Å². The van der Waals surface area contributed by atoms with Crippen molar-refractivity contribution in [3.63, 3.8) is 0 Å². The highest BCUT2D eigenvalue weighted by atomic mass is 16.6. The number of rotatable bonds is 35. The number of carbonyl (C=O) groups excluding carboxylic acids is 2. The van der Waals surface area contributed by atoms with Gasteiger partial charge in [0.15, 0.2) is 12.2 Å². The molecule has 0 heterocycles. The molecule has 2 unspecified atom stereocenters. The highest BCUT2D eigenvalue weighted by molar-refractivity contribution is 6.11. The van der Waals surface area contributed by atoms with Crippen LogP contribution in [0.1, 0.15) is 169 Å². The molecule has 58 heavy (non-hydrogen) atoms. The van der Waals surface area contributed by atoms with Gasteiger partial charge in [0, 0.05) is 47.6 Å². The van der Waals surface area contributed by atoms with Crippen LogP contribution in [0.25, 0.3) is 21.5 Å². The van der Waals surface area contributed by atoms with Crippen molar-refractivity contribution < 1.29 is 38.0 Å². The van der Waals surface area contributed by atoms with Gasteiger partial charge in [0.2, 0.25) is 0 Å². The predicted octanol–water partition coefficient (Wildman–Crippen LogP) is 13.1. The monoisotopic (exact) mass is 807 g/mol. The van der Waals surface area contributed by atoms with E-state index in [0.717, 1.165) is 97.9 Å². The zero-order valence-electron chi connectivity index (χ0n) is 37.1. The molecule has 0 saturated heterocycles. The first-order valence-electron chi connectivity index (χ1n) is 23.2. The maximum atomic E-state index is 12.9. The molecule has 3 rings (SSSR count). The van der Waals surface area contributed by atoms with E-state index in [4.69, 9.17) is 28.4 Å². The average molecular weight is 807 g/mol. The summed E-state index contributed by atoms with van der Waals surface area (Å²) in [5, 5.41) is 3.61. The molecule has 0 aliphatic rings. The quantitative estimate of drug-likeness (QED) is 0.0330. The number of hydrogen-bond acceptors (Lipinski definition) is 8. The topological polar surface area (TPSA) is 89.5 Å². The van der Waals surface area contributed by atoms with Gasteiger partial charge >= 0.3 is 11.9 Å². The Morgan fingerprint density at radius 1 is 0.466 bits per heavy atom. The Balaban J connectivity index is 1.84. The summed E-state index contributed by atoms with van der Waals surface area (Å²) >= 11 is 0. The molecule has 0 aromatic heterocycles. The lowest BCUT2D eigenvalue weighted by Gasteiger charge is -2.23. The Morgan fingerprint density at radius 3 is 1.34 bits per heavy atom. The summed E-state index contributed by atoms with van der Waals surface area (Å²) in [6.07, 6.45) is 20.4. The highest BCUT2D eigenvalue weighted by Crippen LogP contribution is 2.43. The van der Waals surface area contributed by atoms with Crippen molar-refractivity contribution in [2.24, 2.45) is 0 Å². The fraction of sp³-hybridized carbons (Fsp3) is 0.680. The molecule has 0 N–H and O–H groups in total. The largest absolute Gasteiger partial charge is 0.488 e. The van der Waals surface area contributed by atoms with Crippen LogP contribution >= 0.6 is 0 Å². The van der Waals surface area contributed by atoms with Gasteiger partial charge in [-0.15, -0.1) is 0 Å². The number of hydrogen-bond donors (Lipinski definition) is 0. The third-order valence-corrected chi connectivity index (χ3v) is 10.7. The zero-order chi connectivity index (χ0) is 41.6. The SMILES string of the molecule is CCCCCCCCOCC(COc1c2ccccc2c(OCC(COCCCCCCCC)OC(=O)CCCCC)c2cc(CC)ccc12)OC(=O)CCCCC. The van der Waals surface area contributed by atoms with Crippen LogP contribution in [0.3, 0.4) is 0 Å². The van der Waals surface area contributed by atoms with Gasteiger partial charge in [0.1, 0.15) is 24.7 Å². The molecule has 0 spiro atoms. The Labute approximate surface area is 351 Å². The molecule has 3 aromatic carbocycles. The minimum absolute atomic E-state index is 0.164. The summed E-state index contributed by atoms with van der Waals surface area (Å²) in [5.74, 6) is 1.00. The van der Waals surface area contributed by atoms with Crippen molar-refractivity contribution in [3.05, 3.63) is 48.0 Å². The number of ether oxygens (including phenoxy) is 6. The standard InChI is InChI=1S/C50H78O8/c1-6-11-15-17-19-25-33-53-36-41(57-47(51)29-21-13-8-3)38-55-49-43-27-23-24-28-44(43)50(46-35-40(10-5)31-32-45(46)49)56-39-42(58-48(52)30-22-14-9-4)37-54-34-26-20-18-16-12-7-2/h23-24,27-28,31-32,35,41-42H,6-22,25-26,29-30,33-34,36-39H2,1-5H3. The fourth-order valence-electron chi connectivity index (χ4n) is 7.19. The van der Waals surface area contributed by atoms with Gasteiger partial charge in [0.25, 0.3) is 0 Å². The van der Waals surface area contributed by atoms with Crippen LogP contribution in [-0.2, 0) is 35.0 Å². The fourth-order valence-corrected chi connectivity index (χ4v) is 7.19. The number of benzene rings is 3. The molecular formula is C50H78O8. The van der Waals surface area contributed by atoms with Crippen LogP contribution in [0.2, 0.25) is 0 Å². The predicted molar refractivity (Wildman–Crippen MR) is 238 cm³/mol. The van der Waals surface area contributed by atoms with Crippen molar-refractivity contribution in [1.29, 1.82) is 0 Å². The first-order chi connectivity index (χ1) is 28.4. The summed E-state index contributed by atoms with van der Waals surface area (Å²) in [4.78, 5) is 25.9. The van der Waals surface area contributed by atoms with E-state index in [0.29, 0.717) is 31.8 Å². The third kappa shape index (κ3) is 18.7. The second kappa shape index (κ2) is 30.6. The normalized spacial score (nSPS) is 12.5. The van der Waals surface area contributed by atoms with Crippen LogP contribution in [0.5, 0.6) is 11.5 Å². The first-order valence-corrected chi connectivity index (χ1v) is 23.2. The summed E-state index contributed by atoms with van der Waals surface area (Å²) in [6.45, 7) is 13.0. The second-order valence-corrected chi connectivity index (χ2v) is 15.9. The summed E-state index contributed by atoms with van der Waals surface area (Å²) in [7, 11) is 0. The van der Waals surface area contributed by atoms with Crippen LogP contribution < -0.4 is 9.47 Å². The molecule has 0 aliphatic heterocycles. The van der Waals surface area contributed by atoms with E-state index in [2.05, 4.69) is 52.8 Å². The van der Waals surface area contributed by atoms with Gasteiger partial charge in [-0.25, -0.2) is 0 Å². The molecule has 0 fully saturated rings. The Bertz CT molecular complexity index is 1550.